The fourth-order valence-corrected chi connectivity index (χ4v) is 2.18. The summed E-state index contributed by atoms with van der Waals surface area (Å²) in [7, 11) is 1.80. The Balaban J connectivity index is 2.13. The molecule has 3 nitrogen and oxygen atoms in total. The predicted octanol–water partition coefficient (Wildman–Crippen LogP) is 3.27. The van der Waals surface area contributed by atoms with Crippen LogP contribution in [0.1, 0.15) is 26.7 Å². The summed E-state index contributed by atoms with van der Waals surface area (Å²) in [6, 6.07) is 0.910. The first kappa shape index (κ1) is 14.0. The predicted molar refractivity (Wildman–Crippen MR) is 73.5 cm³/mol. The zero-order chi connectivity index (χ0) is 14.0. The van der Waals surface area contributed by atoms with Gasteiger partial charge in [-0.2, -0.15) is 0 Å². The molecule has 19 heavy (non-hydrogen) atoms. The van der Waals surface area contributed by atoms with Crippen molar-refractivity contribution in [3.63, 3.8) is 0 Å². The first-order chi connectivity index (χ1) is 9.02. The molecule has 0 amide bonds. The summed E-state index contributed by atoms with van der Waals surface area (Å²) >= 11 is 0. The Morgan fingerprint density at radius 2 is 2.11 bits per heavy atom. The van der Waals surface area contributed by atoms with E-state index in [1.54, 1.807) is 11.9 Å². The highest BCUT2D eigenvalue weighted by atomic mass is 19.1. The van der Waals surface area contributed by atoms with Gasteiger partial charge in [-0.15, -0.1) is 0 Å². The van der Waals surface area contributed by atoms with Crippen LogP contribution in [-0.4, -0.2) is 25.1 Å². The molecule has 5 heteroatoms. The normalized spacial score (nSPS) is 21.3. The van der Waals surface area contributed by atoms with E-state index >= 15 is 0 Å². The minimum atomic E-state index is -0.636. The molecule has 1 aliphatic rings. The van der Waals surface area contributed by atoms with E-state index in [4.69, 9.17) is 0 Å². The second-order valence-corrected chi connectivity index (χ2v) is 5.40. The lowest BCUT2D eigenvalue weighted by atomic mass is 10.3. The minimum Gasteiger partial charge on any atom is -0.368 e. The smallest absolute Gasteiger partial charge is 0.168 e. The van der Waals surface area contributed by atoms with Crippen molar-refractivity contribution < 1.29 is 8.78 Å². The molecular formula is C14H21F2N3. The second-order valence-electron chi connectivity index (χ2n) is 5.40. The molecule has 1 aliphatic carbocycles. The lowest BCUT2D eigenvalue weighted by Gasteiger charge is -2.20. The Kier molecular flexibility index (Phi) is 4.22. The molecule has 0 aliphatic heterocycles. The summed E-state index contributed by atoms with van der Waals surface area (Å²) < 4.78 is 27.4. The van der Waals surface area contributed by atoms with Crippen LogP contribution in [-0.2, 0) is 0 Å². The number of pyridine rings is 1. The molecule has 1 N–H and O–H groups in total. The van der Waals surface area contributed by atoms with Gasteiger partial charge in [0.2, 0.25) is 0 Å². The van der Waals surface area contributed by atoms with Gasteiger partial charge in [0, 0.05) is 26.2 Å². The van der Waals surface area contributed by atoms with Crippen molar-refractivity contribution in [1.82, 2.24) is 4.98 Å². The van der Waals surface area contributed by atoms with E-state index < -0.39 is 11.6 Å². The molecule has 1 saturated carbocycles. The third-order valence-corrected chi connectivity index (χ3v) is 3.60. The molecule has 2 unspecified atom stereocenters. The molecular weight excluding hydrogens is 248 g/mol. The Morgan fingerprint density at radius 1 is 1.42 bits per heavy atom. The maximum Gasteiger partial charge on any atom is 0.168 e. The van der Waals surface area contributed by atoms with Crippen LogP contribution >= 0.6 is 0 Å². The fraction of sp³-hybridized carbons (Fsp3) is 0.643. The van der Waals surface area contributed by atoms with Gasteiger partial charge in [0.1, 0.15) is 0 Å². The quantitative estimate of drug-likeness (QED) is 0.859. The molecule has 1 aromatic heterocycles. The molecule has 0 bridgehead atoms. The topological polar surface area (TPSA) is 28.2 Å². The zero-order valence-corrected chi connectivity index (χ0v) is 11.7. The van der Waals surface area contributed by atoms with Crippen LogP contribution in [0.15, 0.2) is 6.07 Å². The fourth-order valence-electron chi connectivity index (χ4n) is 2.18. The molecule has 0 spiro atoms. The van der Waals surface area contributed by atoms with Crippen LogP contribution in [0.25, 0.3) is 0 Å². The highest BCUT2D eigenvalue weighted by molar-refractivity contribution is 5.49. The van der Waals surface area contributed by atoms with Crippen molar-refractivity contribution >= 4 is 11.6 Å². The van der Waals surface area contributed by atoms with Crippen LogP contribution in [0.5, 0.6) is 0 Å². The van der Waals surface area contributed by atoms with Gasteiger partial charge in [-0.3, -0.25) is 0 Å². The third-order valence-electron chi connectivity index (χ3n) is 3.60. The molecule has 1 heterocycles. The summed E-state index contributed by atoms with van der Waals surface area (Å²) in [4.78, 5) is 5.86. The van der Waals surface area contributed by atoms with Gasteiger partial charge >= 0.3 is 0 Å². The largest absolute Gasteiger partial charge is 0.368 e. The van der Waals surface area contributed by atoms with E-state index in [0.29, 0.717) is 18.4 Å². The molecule has 2 atom stereocenters. The summed E-state index contributed by atoms with van der Waals surface area (Å²) in [5, 5.41) is 2.88. The molecule has 0 radical (unpaired) electrons. The van der Waals surface area contributed by atoms with Crippen molar-refractivity contribution in [2.75, 3.05) is 30.4 Å². The van der Waals surface area contributed by atoms with E-state index in [2.05, 4.69) is 17.2 Å². The Labute approximate surface area is 113 Å². The summed E-state index contributed by atoms with van der Waals surface area (Å²) in [6.45, 7) is 5.55. The first-order valence-electron chi connectivity index (χ1n) is 6.84. The lowest BCUT2D eigenvalue weighted by Crippen LogP contribution is -2.23. The zero-order valence-electron chi connectivity index (χ0n) is 11.7. The molecule has 106 valence electrons. The average molecular weight is 269 g/mol. The number of nitrogens with one attached hydrogen (secondary N) is 1. The van der Waals surface area contributed by atoms with Gasteiger partial charge in [-0.05, 0) is 24.7 Å². The number of aromatic nitrogens is 1. The van der Waals surface area contributed by atoms with Gasteiger partial charge in [-0.25, -0.2) is 13.8 Å². The molecule has 1 aromatic rings. The van der Waals surface area contributed by atoms with Crippen LogP contribution in [0.2, 0.25) is 0 Å². The highest BCUT2D eigenvalue weighted by Crippen LogP contribution is 2.38. The lowest BCUT2D eigenvalue weighted by molar-refractivity contribution is 0.569. The van der Waals surface area contributed by atoms with Crippen molar-refractivity contribution in [2.45, 2.75) is 26.7 Å². The van der Waals surface area contributed by atoms with Gasteiger partial charge in [0.25, 0.3) is 0 Å². The molecule has 2 rings (SSSR count). The molecule has 0 aromatic carbocycles. The summed E-state index contributed by atoms with van der Waals surface area (Å²) in [6.07, 6.45) is 2.04. The second kappa shape index (κ2) is 5.72. The number of nitrogens with zero attached hydrogens (tertiary/aromatic N) is 2. The monoisotopic (exact) mass is 269 g/mol. The first-order valence-corrected chi connectivity index (χ1v) is 6.84. The number of halogens is 2. The standard InChI is InChI=1S/C14H21F2N3/c1-4-5-17-13-11(15)7-12(16)14(18-13)19(3)8-10-6-9(10)2/h7,9-10H,4-6,8H2,1-3H3,(H,17,18). The maximum atomic E-state index is 13.8. The van der Waals surface area contributed by atoms with E-state index in [0.717, 1.165) is 19.0 Å². The molecule has 1 fully saturated rings. The Morgan fingerprint density at radius 3 is 2.68 bits per heavy atom. The van der Waals surface area contributed by atoms with Crippen molar-refractivity contribution in [3.8, 4) is 0 Å². The highest BCUT2D eigenvalue weighted by Gasteiger charge is 2.34. The van der Waals surface area contributed by atoms with E-state index in [-0.39, 0.29) is 11.6 Å². The van der Waals surface area contributed by atoms with Gasteiger partial charge < -0.3 is 10.2 Å². The van der Waals surface area contributed by atoms with E-state index in [9.17, 15) is 8.78 Å². The van der Waals surface area contributed by atoms with Gasteiger partial charge in [-0.1, -0.05) is 13.8 Å². The third kappa shape index (κ3) is 3.33. The number of anilines is 2. The number of rotatable bonds is 6. The van der Waals surface area contributed by atoms with Crippen molar-refractivity contribution in [1.29, 1.82) is 0 Å². The summed E-state index contributed by atoms with van der Waals surface area (Å²) in [5.41, 5.74) is 0. The maximum absolute atomic E-state index is 13.8. The van der Waals surface area contributed by atoms with Crippen LogP contribution in [0, 0.1) is 23.5 Å². The van der Waals surface area contributed by atoms with Crippen LogP contribution in [0.3, 0.4) is 0 Å². The minimum absolute atomic E-state index is 0.133. The summed E-state index contributed by atoms with van der Waals surface area (Å²) in [5.74, 6) is 0.415. The Hall–Kier alpha value is -1.39. The van der Waals surface area contributed by atoms with E-state index in [1.807, 2.05) is 6.92 Å². The van der Waals surface area contributed by atoms with Crippen LogP contribution < -0.4 is 10.2 Å². The Bertz CT molecular complexity index is 451. The van der Waals surface area contributed by atoms with Gasteiger partial charge in [0.15, 0.2) is 23.3 Å². The van der Waals surface area contributed by atoms with E-state index in [1.165, 1.54) is 6.42 Å². The van der Waals surface area contributed by atoms with Crippen molar-refractivity contribution in [2.24, 2.45) is 11.8 Å². The number of hydrogen-bond acceptors (Lipinski definition) is 3. The average Bonchev–Trinajstić information content (AvgIpc) is 3.03. The van der Waals surface area contributed by atoms with Gasteiger partial charge in [0.05, 0.1) is 0 Å². The van der Waals surface area contributed by atoms with Crippen molar-refractivity contribution in [3.05, 3.63) is 17.7 Å². The molecule has 0 saturated heterocycles. The SMILES string of the molecule is CCCNc1nc(N(C)CC2CC2C)c(F)cc1F. The number of hydrogen-bond donors (Lipinski definition) is 1. The van der Waals surface area contributed by atoms with Crippen LogP contribution in [0.4, 0.5) is 20.4 Å².